The van der Waals surface area contributed by atoms with E-state index in [9.17, 15) is 0 Å². The van der Waals surface area contributed by atoms with Gasteiger partial charge < -0.3 is 10.1 Å². The van der Waals surface area contributed by atoms with Crippen molar-refractivity contribution in [2.24, 2.45) is 5.92 Å². The number of fused-ring (bicyclic) bond motifs is 2. The molecule has 3 heterocycles. The quantitative estimate of drug-likeness (QED) is 0.884. The predicted molar refractivity (Wildman–Crippen MR) is 67.3 cm³/mol. The highest BCUT2D eigenvalue weighted by Gasteiger charge is 2.45. The van der Waals surface area contributed by atoms with Crippen molar-refractivity contribution in [3.05, 3.63) is 17.8 Å². The zero-order chi connectivity index (χ0) is 11.2. The third-order valence-corrected chi connectivity index (χ3v) is 4.67. The molecule has 0 bridgehead atoms. The minimum absolute atomic E-state index is 0.493. The lowest BCUT2D eigenvalue weighted by Crippen LogP contribution is -2.47. The molecule has 2 aromatic rings. The van der Waals surface area contributed by atoms with Crippen molar-refractivity contribution in [3.8, 4) is 0 Å². The third kappa shape index (κ3) is 1.46. The van der Waals surface area contributed by atoms with Crippen LogP contribution in [0.15, 0.2) is 17.8 Å². The maximum Gasteiger partial charge on any atom is 0.138 e. The van der Waals surface area contributed by atoms with Crippen LogP contribution < -0.4 is 5.32 Å². The van der Waals surface area contributed by atoms with Gasteiger partial charge in [-0.2, -0.15) is 0 Å². The molecule has 1 saturated carbocycles. The fourth-order valence-electron chi connectivity index (χ4n) is 2.84. The molecule has 1 aliphatic carbocycles. The second-order valence-corrected chi connectivity index (χ2v) is 5.60. The number of anilines is 1. The van der Waals surface area contributed by atoms with Crippen LogP contribution in [0.2, 0.25) is 0 Å². The van der Waals surface area contributed by atoms with Crippen molar-refractivity contribution in [2.75, 3.05) is 11.9 Å². The van der Waals surface area contributed by atoms with E-state index in [2.05, 4.69) is 26.7 Å². The largest absolute Gasteiger partial charge is 0.378 e. The molecule has 2 fully saturated rings. The van der Waals surface area contributed by atoms with Gasteiger partial charge in [0.1, 0.15) is 17.0 Å². The van der Waals surface area contributed by atoms with E-state index >= 15 is 0 Å². The van der Waals surface area contributed by atoms with Crippen molar-refractivity contribution >= 4 is 27.4 Å². The first-order chi connectivity index (χ1) is 8.42. The van der Waals surface area contributed by atoms with E-state index in [4.69, 9.17) is 4.74 Å². The van der Waals surface area contributed by atoms with E-state index in [1.807, 2.05) is 0 Å². The van der Waals surface area contributed by atoms with Gasteiger partial charge >= 0.3 is 0 Å². The Hall–Kier alpha value is -1.20. The number of hydrogen-bond acceptors (Lipinski definition) is 5. The van der Waals surface area contributed by atoms with Gasteiger partial charge in [-0.25, -0.2) is 9.97 Å². The Labute approximate surface area is 103 Å². The summed E-state index contributed by atoms with van der Waals surface area (Å²) < 4.78 is 5.62. The number of ether oxygens (including phenoxy) is 1. The number of thiophene rings is 1. The van der Waals surface area contributed by atoms with E-state index in [0.29, 0.717) is 18.1 Å². The SMILES string of the molecule is c1nc(N[C@@H]2C[C@@H]3OCC[C@@H]32)c2ccsc2n1. The van der Waals surface area contributed by atoms with Gasteiger partial charge in [0.15, 0.2) is 0 Å². The molecule has 0 aromatic carbocycles. The van der Waals surface area contributed by atoms with Crippen LogP contribution in [0.5, 0.6) is 0 Å². The average molecular weight is 247 g/mol. The standard InChI is InChI=1S/C12H13N3OS/c1-3-16-10-5-9(7(1)10)15-11-8-2-4-17-12(8)14-6-13-11/h2,4,6-7,9-10H,1,3,5H2,(H,13,14,15)/t7-,9-,10+/m1/s1. The minimum atomic E-state index is 0.493. The lowest BCUT2D eigenvalue weighted by molar-refractivity contribution is 0.0247. The van der Waals surface area contributed by atoms with Crippen LogP contribution in [-0.4, -0.2) is 28.7 Å². The number of nitrogens with one attached hydrogen (secondary N) is 1. The van der Waals surface area contributed by atoms with Gasteiger partial charge in [-0.3, -0.25) is 0 Å². The summed E-state index contributed by atoms with van der Waals surface area (Å²) in [5, 5.41) is 6.76. The Morgan fingerprint density at radius 1 is 1.41 bits per heavy atom. The van der Waals surface area contributed by atoms with E-state index in [1.54, 1.807) is 17.7 Å². The molecule has 3 atom stereocenters. The first kappa shape index (κ1) is 9.79. The number of nitrogens with zero attached hydrogens (tertiary/aromatic N) is 2. The van der Waals surface area contributed by atoms with Gasteiger partial charge in [0.25, 0.3) is 0 Å². The Morgan fingerprint density at radius 2 is 2.41 bits per heavy atom. The lowest BCUT2D eigenvalue weighted by Gasteiger charge is -2.39. The molecule has 0 spiro atoms. The summed E-state index contributed by atoms with van der Waals surface area (Å²) in [6.07, 6.45) is 4.43. The number of aromatic nitrogens is 2. The smallest absolute Gasteiger partial charge is 0.138 e. The Bertz CT molecular complexity index is 555. The number of rotatable bonds is 2. The molecular formula is C12H13N3OS. The molecule has 5 heteroatoms. The molecule has 0 unspecified atom stereocenters. The molecule has 2 aliphatic rings. The first-order valence-electron chi connectivity index (χ1n) is 5.98. The van der Waals surface area contributed by atoms with Crippen LogP contribution in [-0.2, 0) is 4.74 Å². The van der Waals surface area contributed by atoms with Crippen molar-refractivity contribution in [2.45, 2.75) is 25.0 Å². The molecule has 1 saturated heterocycles. The summed E-state index contributed by atoms with van der Waals surface area (Å²) in [4.78, 5) is 9.68. The predicted octanol–water partition coefficient (Wildman–Crippen LogP) is 2.28. The fraction of sp³-hybridized carbons (Fsp3) is 0.500. The molecule has 4 nitrogen and oxygen atoms in total. The molecule has 1 aliphatic heterocycles. The lowest BCUT2D eigenvalue weighted by atomic mass is 9.76. The third-order valence-electron chi connectivity index (χ3n) is 3.85. The summed E-state index contributed by atoms with van der Waals surface area (Å²) in [6.45, 7) is 0.922. The summed E-state index contributed by atoms with van der Waals surface area (Å²) in [7, 11) is 0. The topological polar surface area (TPSA) is 47.0 Å². The average Bonchev–Trinajstić information content (AvgIpc) is 2.92. The number of hydrogen-bond donors (Lipinski definition) is 1. The zero-order valence-electron chi connectivity index (χ0n) is 9.30. The van der Waals surface area contributed by atoms with Crippen molar-refractivity contribution in [1.29, 1.82) is 0 Å². The Balaban J connectivity index is 1.61. The molecular weight excluding hydrogens is 234 g/mol. The van der Waals surface area contributed by atoms with Gasteiger partial charge in [-0.1, -0.05) is 0 Å². The molecule has 0 radical (unpaired) electrons. The summed E-state index contributed by atoms with van der Waals surface area (Å²) in [6, 6.07) is 2.62. The fourth-order valence-corrected chi connectivity index (χ4v) is 3.58. The summed E-state index contributed by atoms with van der Waals surface area (Å²) in [5.74, 6) is 1.66. The van der Waals surface area contributed by atoms with Gasteiger partial charge in [0, 0.05) is 18.6 Å². The van der Waals surface area contributed by atoms with Gasteiger partial charge in [-0.05, 0) is 24.3 Å². The molecule has 4 rings (SSSR count). The van der Waals surface area contributed by atoms with Crippen LogP contribution in [0.3, 0.4) is 0 Å². The van der Waals surface area contributed by atoms with E-state index in [-0.39, 0.29) is 0 Å². The van der Waals surface area contributed by atoms with Gasteiger partial charge in [-0.15, -0.1) is 11.3 Å². The van der Waals surface area contributed by atoms with E-state index < -0.39 is 0 Å². The second-order valence-electron chi connectivity index (χ2n) is 4.71. The molecule has 17 heavy (non-hydrogen) atoms. The zero-order valence-corrected chi connectivity index (χ0v) is 10.1. The Morgan fingerprint density at radius 3 is 3.35 bits per heavy atom. The molecule has 88 valence electrons. The summed E-state index contributed by atoms with van der Waals surface area (Å²) >= 11 is 1.66. The second kappa shape index (κ2) is 3.65. The monoisotopic (exact) mass is 247 g/mol. The van der Waals surface area contributed by atoms with Crippen LogP contribution in [0.25, 0.3) is 10.2 Å². The van der Waals surface area contributed by atoms with Gasteiger partial charge in [0.05, 0.1) is 11.5 Å². The van der Waals surface area contributed by atoms with Crippen molar-refractivity contribution in [1.82, 2.24) is 9.97 Å². The van der Waals surface area contributed by atoms with E-state index in [1.165, 1.54) is 6.42 Å². The van der Waals surface area contributed by atoms with E-state index in [0.717, 1.165) is 29.1 Å². The normalized spacial score (nSPS) is 31.2. The minimum Gasteiger partial charge on any atom is -0.378 e. The van der Waals surface area contributed by atoms with Crippen LogP contribution >= 0.6 is 11.3 Å². The maximum atomic E-state index is 5.62. The molecule has 2 aromatic heterocycles. The van der Waals surface area contributed by atoms with Crippen molar-refractivity contribution in [3.63, 3.8) is 0 Å². The first-order valence-corrected chi connectivity index (χ1v) is 6.86. The molecule has 0 amide bonds. The molecule has 1 N–H and O–H groups in total. The Kier molecular flexibility index (Phi) is 2.10. The van der Waals surface area contributed by atoms with Gasteiger partial charge in [0.2, 0.25) is 0 Å². The highest BCUT2D eigenvalue weighted by atomic mass is 32.1. The van der Waals surface area contributed by atoms with Crippen molar-refractivity contribution < 1.29 is 4.74 Å². The van der Waals surface area contributed by atoms with Crippen LogP contribution in [0.4, 0.5) is 5.82 Å². The maximum absolute atomic E-state index is 5.62. The highest BCUT2D eigenvalue weighted by molar-refractivity contribution is 7.16. The van der Waals surface area contributed by atoms with Crippen LogP contribution in [0.1, 0.15) is 12.8 Å². The summed E-state index contributed by atoms with van der Waals surface area (Å²) in [5.41, 5.74) is 0. The van der Waals surface area contributed by atoms with Crippen LogP contribution in [0, 0.1) is 5.92 Å². The highest BCUT2D eigenvalue weighted by Crippen LogP contribution is 2.40.